The SMILES string of the molecule is CC(C)/C=C/C(=O)N1CCC2CC21C(=O)N1CCC(C)CC1. The van der Waals surface area contributed by atoms with Gasteiger partial charge in [0.05, 0.1) is 0 Å². The van der Waals surface area contributed by atoms with E-state index in [4.69, 9.17) is 0 Å². The first kappa shape index (κ1) is 15.6. The van der Waals surface area contributed by atoms with Gasteiger partial charge in [0.25, 0.3) is 0 Å². The lowest BCUT2D eigenvalue weighted by Crippen LogP contribution is -2.53. The summed E-state index contributed by atoms with van der Waals surface area (Å²) in [6.45, 7) is 8.83. The summed E-state index contributed by atoms with van der Waals surface area (Å²) in [6, 6.07) is 0. The Kier molecular flexibility index (Phi) is 4.04. The van der Waals surface area contributed by atoms with Gasteiger partial charge in [0.2, 0.25) is 11.8 Å². The van der Waals surface area contributed by atoms with Crippen molar-refractivity contribution in [3.63, 3.8) is 0 Å². The van der Waals surface area contributed by atoms with Crippen LogP contribution in [0.1, 0.15) is 46.5 Å². The van der Waals surface area contributed by atoms with Gasteiger partial charge in [-0.15, -0.1) is 0 Å². The monoisotopic (exact) mass is 304 g/mol. The van der Waals surface area contributed by atoms with Gasteiger partial charge in [-0.2, -0.15) is 0 Å². The van der Waals surface area contributed by atoms with Crippen molar-refractivity contribution in [1.82, 2.24) is 9.80 Å². The van der Waals surface area contributed by atoms with E-state index in [-0.39, 0.29) is 11.8 Å². The van der Waals surface area contributed by atoms with Gasteiger partial charge in [0.15, 0.2) is 0 Å². The molecule has 0 aromatic carbocycles. The second-order valence-electron chi connectivity index (χ2n) is 7.68. The number of piperidine rings is 2. The summed E-state index contributed by atoms with van der Waals surface area (Å²) in [5.74, 6) is 1.71. The van der Waals surface area contributed by atoms with Gasteiger partial charge in [-0.05, 0) is 49.5 Å². The van der Waals surface area contributed by atoms with Crippen LogP contribution in [-0.2, 0) is 9.59 Å². The van der Waals surface area contributed by atoms with E-state index in [1.807, 2.05) is 15.9 Å². The van der Waals surface area contributed by atoms with Crippen molar-refractivity contribution in [1.29, 1.82) is 0 Å². The lowest BCUT2D eigenvalue weighted by molar-refractivity contribution is -0.145. The van der Waals surface area contributed by atoms with E-state index >= 15 is 0 Å². The number of nitrogens with zero attached hydrogens (tertiary/aromatic N) is 2. The zero-order valence-electron chi connectivity index (χ0n) is 14.0. The Labute approximate surface area is 133 Å². The Morgan fingerprint density at radius 3 is 2.41 bits per heavy atom. The predicted molar refractivity (Wildman–Crippen MR) is 86.1 cm³/mol. The molecule has 0 bridgehead atoms. The van der Waals surface area contributed by atoms with Crippen molar-refractivity contribution in [2.24, 2.45) is 17.8 Å². The number of allylic oxidation sites excluding steroid dienone is 1. The molecule has 2 amide bonds. The lowest BCUT2D eigenvalue weighted by atomic mass is 9.98. The predicted octanol–water partition coefficient (Wildman–Crippen LogP) is 2.45. The highest BCUT2D eigenvalue weighted by Gasteiger charge is 2.69. The summed E-state index contributed by atoms with van der Waals surface area (Å²) in [6.07, 6.45) is 7.63. The molecular formula is C18H28N2O2. The number of carbonyl (C=O) groups is 2. The Bertz CT molecular complexity index is 491. The van der Waals surface area contributed by atoms with Crippen molar-refractivity contribution < 1.29 is 9.59 Å². The van der Waals surface area contributed by atoms with E-state index in [1.54, 1.807) is 6.08 Å². The summed E-state index contributed by atoms with van der Waals surface area (Å²) >= 11 is 0. The molecule has 1 aliphatic carbocycles. The fraction of sp³-hybridized carbons (Fsp3) is 0.778. The van der Waals surface area contributed by atoms with Gasteiger partial charge >= 0.3 is 0 Å². The van der Waals surface area contributed by atoms with Crippen molar-refractivity contribution in [2.75, 3.05) is 19.6 Å². The van der Waals surface area contributed by atoms with E-state index in [2.05, 4.69) is 20.8 Å². The Morgan fingerprint density at radius 1 is 1.14 bits per heavy atom. The molecule has 3 rings (SSSR count). The number of rotatable bonds is 3. The molecular weight excluding hydrogens is 276 g/mol. The largest absolute Gasteiger partial charge is 0.341 e. The number of amides is 2. The molecule has 4 nitrogen and oxygen atoms in total. The molecule has 2 saturated heterocycles. The van der Waals surface area contributed by atoms with Crippen LogP contribution in [0.3, 0.4) is 0 Å². The Balaban J connectivity index is 1.71. The van der Waals surface area contributed by atoms with Crippen LogP contribution >= 0.6 is 0 Å². The third-order valence-electron chi connectivity index (χ3n) is 5.59. The van der Waals surface area contributed by atoms with Crippen LogP contribution in [-0.4, -0.2) is 46.8 Å². The van der Waals surface area contributed by atoms with Crippen LogP contribution in [0.5, 0.6) is 0 Å². The third-order valence-corrected chi connectivity index (χ3v) is 5.59. The van der Waals surface area contributed by atoms with Gasteiger partial charge in [0, 0.05) is 19.6 Å². The number of hydrogen-bond donors (Lipinski definition) is 0. The maximum Gasteiger partial charge on any atom is 0.248 e. The molecule has 0 spiro atoms. The molecule has 3 aliphatic rings. The summed E-state index contributed by atoms with van der Waals surface area (Å²) in [5.41, 5.74) is -0.487. The summed E-state index contributed by atoms with van der Waals surface area (Å²) in [7, 11) is 0. The summed E-state index contributed by atoms with van der Waals surface area (Å²) in [5, 5.41) is 0. The average molecular weight is 304 g/mol. The highest BCUT2D eigenvalue weighted by molar-refractivity contribution is 5.98. The van der Waals surface area contributed by atoms with Crippen molar-refractivity contribution >= 4 is 11.8 Å². The maximum absolute atomic E-state index is 13.0. The minimum Gasteiger partial charge on any atom is -0.341 e. The minimum absolute atomic E-state index is 0.0208. The van der Waals surface area contributed by atoms with Gasteiger partial charge in [-0.3, -0.25) is 9.59 Å². The fourth-order valence-electron chi connectivity index (χ4n) is 4.01. The molecule has 0 aromatic rings. The van der Waals surface area contributed by atoms with Gasteiger partial charge in [-0.1, -0.05) is 26.8 Å². The molecule has 2 unspecified atom stereocenters. The van der Waals surface area contributed by atoms with Crippen LogP contribution in [0.25, 0.3) is 0 Å². The molecule has 22 heavy (non-hydrogen) atoms. The standard InChI is InChI=1S/C18H28N2O2/c1-13(2)4-5-16(21)20-11-8-15-12-18(15,20)17(22)19-9-6-14(3)7-10-19/h4-5,13-15H,6-12H2,1-3H3/b5-4+. The van der Waals surface area contributed by atoms with Crippen molar-refractivity contribution in [3.8, 4) is 0 Å². The van der Waals surface area contributed by atoms with E-state index in [9.17, 15) is 9.59 Å². The highest BCUT2D eigenvalue weighted by atomic mass is 16.2. The first-order chi connectivity index (χ1) is 10.4. The molecule has 0 radical (unpaired) electrons. The van der Waals surface area contributed by atoms with Crippen LogP contribution in [0, 0.1) is 17.8 Å². The Hall–Kier alpha value is -1.32. The third kappa shape index (κ3) is 2.57. The lowest BCUT2D eigenvalue weighted by Gasteiger charge is -2.36. The van der Waals surface area contributed by atoms with Crippen LogP contribution < -0.4 is 0 Å². The molecule has 1 saturated carbocycles. The van der Waals surface area contributed by atoms with Gasteiger partial charge in [-0.25, -0.2) is 0 Å². The Morgan fingerprint density at radius 2 is 1.82 bits per heavy atom. The fourth-order valence-corrected chi connectivity index (χ4v) is 4.01. The topological polar surface area (TPSA) is 40.6 Å². The second-order valence-corrected chi connectivity index (χ2v) is 7.68. The molecule has 2 aliphatic heterocycles. The molecule has 2 atom stereocenters. The molecule has 3 fully saturated rings. The first-order valence-electron chi connectivity index (χ1n) is 8.74. The number of likely N-dealkylation sites (tertiary alicyclic amines) is 2. The minimum atomic E-state index is -0.487. The van der Waals surface area contributed by atoms with Gasteiger partial charge < -0.3 is 9.80 Å². The molecule has 4 heteroatoms. The van der Waals surface area contributed by atoms with E-state index < -0.39 is 5.54 Å². The zero-order valence-corrected chi connectivity index (χ0v) is 14.0. The highest BCUT2D eigenvalue weighted by Crippen LogP contribution is 2.56. The molecule has 0 aromatic heterocycles. The normalized spacial score (nSPS) is 31.9. The van der Waals surface area contributed by atoms with Crippen molar-refractivity contribution in [2.45, 2.75) is 52.0 Å². The molecule has 0 N–H and O–H groups in total. The second kappa shape index (κ2) is 5.71. The van der Waals surface area contributed by atoms with Crippen LogP contribution in [0.15, 0.2) is 12.2 Å². The van der Waals surface area contributed by atoms with Crippen molar-refractivity contribution in [3.05, 3.63) is 12.2 Å². The smallest absolute Gasteiger partial charge is 0.248 e. The summed E-state index contributed by atoms with van der Waals surface area (Å²) in [4.78, 5) is 29.4. The van der Waals surface area contributed by atoms with E-state index in [0.717, 1.165) is 45.3 Å². The number of fused-ring (bicyclic) bond motifs is 1. The molecule has 2 heterocycles. The van der Waals surface area contributed by atoms with E-state index in [0.29, 0.717) is 17.8 Å². The number of carbonyl (C=O) groups excluding carboxylic acids is 2. The number of hydrogen-bond acceptors (Lipinski definition) is 2. The van der Waals surface area contributed by atoms with E-state index in [1.165, 1.54) is 0 Å². The maximum atomic E-state index is 13.0. The quantitative estimate of drug-likeness (QED) is 0.752. The molecule has 122 valence electrons. The van der Waals surface area contributed by atoms with Crippen LogP contribution in [0.4, 0.5) is 0 Å². The first-order valence-corrected chi connectivity index (χ1v) is 8.74. The summed E-state index contributed by atoms with van der Waals surface area (Å²) < 4.78 is 0. The average Bonchev–Trinajstić information content (AvgIpc) is 3.11. The van der Waals surface area contributed by atoms with Gasteiger partial charge in [0.1, 0.15) is 5.54 Å². The zero-order chi connectivity index (χ0) is 15.9. The van der Waals surface area contributed by atoms with Crippen LogP contribution in [0.2, 0.25) is 0 Å².